The smallest absolute Gasteiger partial charge is 0.320 e. The van der Waals surface area contributed by atoms with Crippen LogP contribution in [-0.2, 0) is 19.2 Å². The fraction of sp³-hybridized carbons (Fsp3) is 0.733. The van der Waals surface area contributed by atoms with E-state index in [0.29, 0.717) is 19.4 Å². The Labute approximate surface area is 152 Å². The molecule has 7 N–H and O–H groups in total. The predicted molar refractivity (Wildman–Crippen MR) is 96.1 cm³/mol. The molecule has 0 aliphatic rings. The standard InChI is InChI=1S/C15H28N4O5S/c1-9(20)11(4-2-3-7-16)19-14(22)12(8-25)18-13(21)6-5-10(17)15(23)24/h10-12,25H,2-8,16-17H2,1H3,(H,18,21)(H,19,22)(H,23,24). The van der Waals surface area contributed by atoms with Crippen LogP contribution in [-0.4, -0.2) is 59.1 Å². The van der Waals surface area contributed by atoms with E-state index >= 15 is 0 Å². The Bertz CT molecular complexity index is 475. The molecule has 0 bridgehead atoms. The van der Waals surface area contributed by atoms with Crippen molar-refractivity contribution in [1.82, 2.24) is 10.6 Å². The summed E-state index contributed by atoms with van der Waals surface area (Å²) in [6.45, 7) is 1.89. The molecule has 0 saturated carbocycles. The number of carboxylic acids is 1. The van der Waals surface area contributed by atoms with Gasteiger partial charge in [0.2, 0.25) is 11.8 Å². The van der Waals surface area contributed by atoms with Crippen molar-refractivity contribution in [3.63, 3.8) is 0 Å². The summed E-state index contributed by atoms with van der Waals surface area (Å²) < 4.78 is 0. The second-order valence-corrected chi connectivity index (χ2v) is 6.11. The molecule has 3 atom stereocenters. The number of rotatable bonds is 13. The molecule has 0 aromatic heterocycles. The number of nitrogens with one attached hydrogen (secondary N) is 2. The first kappa shape index (κ1) is 23.4. The first-order chi connectivity index (χ1) is 11.7. The zero-order valence-corrected chi connectivity index (χ0v) is 15.3. The largest absolute Gasteiger partial charge is 0.480 e. The molecule has 2 amide bonds. The van der Waals surface area contributed by atoms with Gasteiger partial charge in [0, 0.05) is 12.2 Å². The fourth-order valence-electron chi connectivity index (χ4n) is 2.01. The second-order valence-electron chi connectivity index (χ2n) is 5.74. The molecule has 0 rings (SSSR count). The molecule has 0 saturated heterocycles. The van der Waals surface area contributed by atoms with E-state index in [-0.39, 0.29) is 24.4 Å². The van der Waals surface area contributed by atoms with Gasteiger partial charge in [0.15, 0.2) is 5.78 Å². The van der Waals surface area contributed by atoms with E-state index < -0.39 is 35.9 Å². The van der Waals surface area contributed by atoms with Crippen molar-refractivity contribution < 1.29 is 24.3 Å². The minimum atomic E-state index is -1.20. The van der Waals surface area contributed by atoms with Crippen molar-refractivity contribution in [1.29, 1.82) is 0 Å². The van der Waals surface area contributed by atoms with Crippen LogP contribution in [0.2, 0.25) is 0 Å². The van der Waals surface area contributed by atoms with Gasteiger partial charge in [-0.2, -0.15) is 12.6 Å². The number of carboxylic acid groups (broad SMARTS) is 1. The molecule has 0 heterocycles. The van der Waals surface area contributed by atoms with Crippen LogP contribution in [0.5, 0.6) is 0 Å². The molecular formula is C15H28N4O5S. The fourth-order valence-corrected chi connectivity index (χ4v) is 2.27. The van der Waals surface area contributed by atoms with Crippen molar-refractivity contribution in [2.24, 2.45) is 11.5 Å². The lowest BCUT2D eigenvalue weighted by atomic mass is 10.1. The third kappa shape index (κ3) is 10.0. The van der Waals surface area contributed by atoms with E-state index in [1.807, 2.05) is 0 Å². The number of Topliss-reactive ketones (excluding diaryl/α,β-unsaturated/α-hetero) is 1. The van der Waals surface area contributed by atoms with Crippen molar-refractivity contribution in [3.8, 4) is 0 Å². The molecule has 10 heteroatoms. The highest BCUT2D eigenvalue weighted by atomic mass is 32.1. The molecule has 0 aromatic rings. The van der Waals surface area contributed by atoms with Crippen molar-refractivity contribution in [2.75, 3.05) is 12.3 Å². The Morgan fingerprint density at radius 1 is 1.08 bits per heavy atom. The lowest BCUT2D eigenvalue weighted by Gasteiger charge is -2.21. The van der Waals surface area contributed by atoms with Gasteiger partial charge in [0.05, 0.1) is 6.04 Å². The number of thiol groups is 1. The van der Waals surface area contributed by atoms with Gasteiger partial charge in [-0.15, -0.1) is 0 Å². The molecule has 0 fully saturated rings. The van der Waals surface area contributed by atoms with Gasteiger partial charge in [-0.05, 0) is 39.2 Å². The maximum atomic E-state index is 12.2. The van der Waals surface area contributed by atoms with Gasteiger partial charge in [-0.3, -0.25) is 19.2 Å². The number of hydrogen-bond acceptors (Lipinski definition) is 7. The van der Waals surface area contributed by atoms with Crippen molar-refractivity contribution >= 4 is 36.2 Å². The maximum absolute atomic E-state index is 12.2. The second kappa shape index (κ2) is 12.7. The first-order valence-electron chi connectivity index (χ1n) is 8.12. The van der Waals surface area contributed by atoms with Crippen LogP contribution in [0.25, 0.3) is 0 Å². The van der Waals surface area contributed by atoms with E-state index in [2.05, 4.69) is 23.3 Å². The quantitative estimate of drug-likeness (QED) is 0.173. The Hall–Kier alpha value is -1.65. The molecular weight excluding hydrogens is 348 g/mol. The van der Waals surface area contributed by atoms with E-state index in [1.165, 1.54) is 6.92 Å². The highest BCUT2D eigenvalue weighted by Gasteiger charge is 2.24. The van der Waals surface area contributed by atoms with Gasteiger partial charge in [-0.25, -0.2) is 0 Å². The lowest BCUT2D eigenvalue weighted by Crippen LogP contribution is -2.52. The van der Waals surface area contributed by atoms with Crippen LogP contribution in [0, 0.1) is 0 Å². The number of hydrogen-bond donors (Lipinski definition) is 6. The van der Waals surface area contributed by atoms with Crippen LogP contribution in [0.15, 0.2) is 0 Å². The van der Waals surface area contributed by atoms with Crippen LogP contribution in [0.4, 0.5) is 0 Å². The highest BCUT2D eigenvalue weighted by Crippen LogP contribution is 2.03. The van der Waals surface area contributed by atoms with Crippen LogP contribution in [0.1, 0.15) is 39.0 Å². The van der Waals surface area contributed by atoms with Crippen LogP contribution in [0.3, 0.4) is 0 Å². The summed E-state index contributed by atoms with van der Waals surface area (Å²) >= 11 is 4.04. The van der Waals surface area contributed by atoms with E-state index in [4.69, 9.17) is 16.6 Å². The van der Waals surface area contributed by atoms with Gasteiger partial charge in [-0.1, -0.05) is 0 Å². The van der Waals surface area contributed by atoms with Gasteiger partial charge >= 0.3 is 5.97 Å². The Balaban J connectivity index is 4.54. The number of nitrogens with two attached hydrogens (primary N) is 2. The number of amides is 2. The van der Waals surface area contributed by atoms with Gasteiger partial charge in [0.25, 0.3) is 0 Å². The minimum absolute atomic E-state index is 0.0377. The summed E-state index contributed by atoms with van der Waals surface area (Å²) in [5, 5.41) is 13.7. The minimum Gasteiger partial charge on any atom is -0.480 e. The van der Waals surface area contributed by atoms with Crippen LogP contribution >= 0.6 is 12.6 Å². The number of aliphatic carboxylic acids is 1. The van der Waals surface area contributed by atoms with Gasteiger partial charge < -0.3 is 27.2 Å². The first-order valence-corrected chi connectivity index (χ1v) is 8.75. The van der Waals surface area contributed by atoms with E-state index in [9.17, 15) is 19.2 Å². The number of carbonyl (C=O) groups excluding carboxylic acids is 3. The van der Waals surface area contributed by atoms with Gasteiger partial charge in [0.1, 0.15) is 12.1 Å². The zero-order chi connectivity index (χ0) is 19.4. The monoisotopic (exact) mass is 376 g/mol. The molecule has 144 valence electrons. The van der Waals surface area contributed by atoms with Crippen molar-refractivity contribution in [2.45, 2.75) is 57.2 Å². The molecule has 0 aliphatic carbocycles. The molecule has 0 spiro atoms. The number of ketones is 1. The highest BCUT2D eigenvalue weighted by molar-refractivity contribution is 7.80. The van der Waals surface area contributed by atoms with Crippen molar-refractivity contribution in [3.05, 3.63) is 0 Å². The SMILES string of the molecule is CC(=O)C(CCCCN)NC(=O)C(CS)NC(=O)CCC(N)C(=O)O. The Morgan fingerprint density at radius 2 is 1.72 bits per heavy atom. The number of unbranched alkanes of at least 4 members (excludes halogenated alkanes) is 1. The summed E-state index contributed by atoms with van der Waals surface area (Å²) in [6, 6.07) is -2.70. The molecule has 0 aliphatic heterocycles. The zero-order valence-electron chi connectivity index (χ0n) is 14.4. The Morgan fingerprint density at radius 3 is 2.20 bits per heavy atom. The molecule has 3 unspecified atom stereocenters. The third-order valence-corrected chi connectivity index (χ3v) is 3.95. The lowest BCUT2D eigenvalue weighted by molar-refractivity contribution is -0.138. The topological polar surface area (TPSA) is 165 Å². The van der Waals surface area contributed by atoms with E-state index in [1.54, 1.807) is 0 Å². The normalized spacial score (nSPS) is 14.2. The molecule has 9 nitrogen and oxygen atoms in total. The molecule has 0 radical (unpaired) electrons. The van der Waals surface area contributed by atoms with E-state index in [0.717, 1.165) is 6.42 Å². The average molecular weight is 376 g/mol. The predicted octanol–water partition coefficient (Wildman–Crippen LogP) is -1.20. The summed E-state index contributed by atoms with van der Waals surface area (Å²) in [5.41, 5.74) is 10.7. The molecule has 0 aromatic carbocycles. The maximum Gasteiger partial charge on any atom is 0.320 e. The van der Waals surface area contributed by atoms with Crippen LogP contribution < -0.4 is 22.1 Å². The summed E-state index contributed by atoms with van der Waals surface area (Å²) in [4.78, 5) is 46.3. The third-order valence-electron chi connectivity index (χ3n) is 3.59. The average Bonchev–Trinajstić information content (AvgIpc) is 2.56. The number of carbonyl (C=O) groups is 4. The Kier molecular flexibility index (Phi) is 11.8. The summed E-state index contributed by atoms with van der Waals surface area (Å²) in [7, 11) is 0. The summed E-state index contributed by atoms with van der Waals surface area (Å²) in [6.07, 6.45) is 1.75. The summed E-state index contributed by atoms with van der Waals surface area (Å²) in [5.74, 6) is -2.36. The molecule has 25 heavy (non-hydrogen) atoms.